The maximum absolute atomic E-state index is 11.9. The van der Waals surface area contributed by atoms with E-state index in [1.54, 1.807) is 7.05 Å². The van der Waals surface area contributed by atoms with Gasteiger partial charge in [-0.2, -0.15) is 5.10 Å². The summed E-state index contributed by atoms with van der Waals surface area (Å²) >= 11 is 0. The fraction of sp³-hybridized carbons (Fsp3) is 0.556. The average Bonchev–Trinajstić information content (AvgIpc) is 2.70. The van der Waals surface area contributed by atoms with Gasteiger partial charge < -0.3 is 10.5 Å². The Kier molecular flexibility index (Phi) is 3.45. The lowest BCUT2D eigenvalue weighted by Crippen LogP contribution is -2.26. The Bertz CT molecular complexity index is 560. The topological polar surface area (TPSA) is 101 Å². The smallest absolute Gasteiger partial charge is 0.280 e. The maximum Gasteiger partial charge on any atom is 0.280 e. The van der Waals surface area contributed by atoms with Crippen LogP contribution in [0.15, 0.2) is 11.0 Å². The normalized spacial score (nSPS) is 11.2. The highest BCUT2D eigenvalue weighted by atomic mass is 16.5. The molecule has 2 rings (SSSR count). The van der Waals surface area contributed by atoms with Gasteiger partial charge in [0, 0.05) is 13.6 Å². The Balaban J connectivity index is 2.18. The average molecular weight is 238 g/mol. The molecule has 0 aliphatic rings. The van der Waals surface area contributed by atoms with Gasteiger partial charge in [0.2, 0.25) is 0 Å². The zero-order valence-corrected chi connectivity index (χ0v) is 9.54. The molecule has 0 saturated heterocycles. The molecule has 8 heteroatoms. The fourth-order valence-electron chi connectivity index (χ4n) is 1.46. The molecule has 0 bridgehead atoms. The van der Waals surface area contributed by atoms with Gasteiger partial charge in [0.25, 0.3) is 5.56 Å². The third-order valence-electron chi connectivity index (χ3n) is 2.33. The SMILES string of the molecule is Cn1ncc2c(=O)n(CCOCCN)nnc21. The van der Waals surface area contributed by atoms with Crippen LogP contribution in [0.25, 0.3) is 11.0 Å². The van der Waals surface area contributed by atoms with Crippen LogP contribution in [0.1, 0.15) is 0 Å². The molecule has 2 aromatic rings. The number of hydrogen-bond donors (Lipinski definition) is 1. The Hall–Kier alpha value is -1.80. The summed E-state index contributed by atoms with van der Waals surface area (Å²) in [4.78, 5) is 11.9. The van der Waals surface area contributed by atoms with Crippen LogP contribution in [0.2, 0.25) is 0 Å². The Morgan fingerprint density at radius 3 is 3.06 bits per heavy atom. The highest BCUT2D eigenvalue weighted by Crippen LogP contribution is 2.01. The van der Waals surface area contributed by atoms with Crippen LogP contribution in [-0.4, -0.2) is 44.5 Å². The molecule has 2 heterocycles. The Labute approximate surface area is 97.0 Å². The highest BCUT2D eigenvalue weighted by Gasteiger charge is 2.08. The van der Waals surface area contributed by atoms with Crippen LogP contribution in [-0.2, 0) is 18.3 Å². The number of ether oxygens (including phenoxy) is 1. The van der Waals surface area contributed by atoms with Gasteiger partial charge in [-0.15, -0.1) is 5.10 Å². The summed E-state index contributed by atoms with van der Waals surface area (Å²) in [5, 5.41) is 12.2. The predicted molar refractivity (Wildman–Crippen MR) is 60.4 cm³/mol. The van der Waals surface area contributed by atoms with Crippen molar-refractivity contribution in [3.8, 4) is 0 Å². The first-order valence-corrected chi connectivity index (χ1v) is 5.27. The third-order valence-corrected chi connectivity index (χ3v) is 2.33. The largest absolute Gasteiger partial charge is 0.378 e. The maximum atomic E-state index is 11.9. The third kappa shape index (κ3) is 2.32. The first-order valence-electron chi connectivity index (χ1n) is 5.27. The first-order chi connectivity index (χ1) is 8.24. The number of aromatic nitrogens is 5. The van der Waals surface area contributed by atoms with E-state index in [0.717, 1.165) is 0 Å². The van der Waals surface area contributed by atoms with Crippen molar-refractivity contribution >= 4 is 11.0 Å². The molecule has 0 aliphatic carbocycles. The summed E-state index contributed by atoms with van der Waals surface area (Å²) in [5.74, 6) is 0. The van der Waals surface area contributed by atoms with E-state index in [2.05, 4.69) is 15.4 Å². The Morgan fingerprint density at radius 2 is 2.29 bits per heavy atom. The lowest BCUT2D eigenvalue weighted by atomic mass is 10.4. The second-order valence-corrected chi connectivity index (χ2v) is 3.52. The molecule has 8 nitrogen and oxygen atoms in total. The van der Waals surface area contributed by atoms with Gasteiger partial charge in [0.1, 0.15) is 5.39 Å². The van der Waals surface area contributed by atoms with Crippen LogP contribution < -0.4 is 11.3 Å². The molecule has 0 amide bonds. The van der Waals surface area contributed by atoms with Gasteiger partial charge in [-0.25, -0.2) is 9.36 Å². The van der Waals surface area contributed by atoms with Crippen molar-refractivity contribution in [2.45, 2.75) is 6.54 Å². The molecule has 0 atom stereocenters. The fourth-order valence-corrected chi connectivity index (χ4v) is 1.46. The van der Waals surface area contributed by atoms with Crippen molar-refractivity contribution in [1.29, 1.82) is 0 Å². The lowest BCUT2D eigenvalue weighted by Gasteiger charge is -2.03. The predicted octanol–water partition coefficient (Wildman–Crippen LogP) is -1.50. The van der Waals surface area contributed by atoms with Crippen LogP contribution in [0.4, 0.5) is 0 Å². The van der Waals surface area contributed by atoms with E-state index in [1.165, 1.54) is 15.6 Å². The number of rotatable bonds is 5. The number of hydrogen-bond acceptors (Lipinski definition) is 6. The van der Waals surface area contributed by atoms with E-state index in [1.807, 2.05) is 0 Å². The summed E-state index contributed by atoms with van der Waals surface area (Å²) in [6, 6.07) is 0. The summed E-state index contributed by atoms with van der Waals surface area (Å²) in [7, 11) is 1.71. The molecule has 0 aromatic carbocycles. The van der Waals surface area contributed by atoms with Gasteiger partial charge >= 0.3 is 0 Å². The zero-order chi connectivity index (χ0) is 12.3. The van der Waals surface area contributed by atoms with Crippen LogP contribution >= 0.6 is 0 Å². The summed E-state index contributed by atoms with van der Waals surface area (Å²) in [5.41, 5.74) is 5.55. The molecule has 92 valence electrons. The minimum absolute atomic E-state index is 0.209. The standard InChI is InChI=1S/C9H14N6O2/c1-14-8-7(6-11-14)9(16)15(13-12-8)3-5-17-4-2-10/h6H,2-5,10H2,1H3. The first kappa shape index (κ1) is 11.7. The monoisotopic (exact) mass is 238 g/mol. The number of nitrogens with zero attached hydrogens (tertiary/aromatic N) is 5. The van der Waals surface area contributed by atoms with Gasteiger partial charge in [0.15, 0.2) is 5.65 Å². The minimum atomic E-state index is -0.209. The molecule has 0 aliphatic heterocycles. The molecule has 2 aromatic heterocycles. The molecule has 0 unspecified atom stereocenters. The van der Waals surface area contributed by atoms with E-state index in [-0.39, 0.29) is 5.56 Å². The second-order valence-electron chi connectivity index (χ2n) is 3.52. The van der Waals surface area contributed by atoms with Crippen molar-refractivity contribution < 1.29 is 4.74 Å². The van der Waals surface area contributed by atoms with Crippen molar-refractivity contribution in [3.05, 3.63) is 16.6 Å². The van der Waals surface area contributed by atoms with Gasteiger partial charge in [-0.3, -0.25) is 4.79 Å². The number of nitrogens with two attached hydrogens (primary N) is 1. The summed E-state index contributed by atoms with van der Waals surface area (Å²) in [6.45, 7) is 1.67. The zero-order valence-electron chi connectivity index (χ0n) is 9.54. The van der Waals surface area contributed by atoms with Crippen molar-refractivity contribution in [3.63, 3.8) is 0 Å². The Morgan fingerprint density at radius 1 is 1.47 bits per heavy atom. The minimum Gasteiger partial charge on any atom is -0.378 e. The molecule has 0 saturated carbocycles. The molecule has 17 heavy (non-hydrogen) atoms. The van der Waals surface area contributed by atoms with Crippen molar-refractivity contribution in [2.24, 2.45) is 12.8 Å². The van der Waals surface area contributed by atoms with Crippen LogP contribution in [0.3, 0.4) is 0 Å². The van der Waals surface area contributed by atoms with Crippen LogP contribution in [0.5, 0.6) is 0 Å². The van der Waals surface area contributed by atoms with Gasteiger partial charge in [-0.05, 0) is 0 Å². The van der Waals surface area contributed by atoms with E-state index < -0.39 is 0 Å². The van der Waals surface area contributed by atoms with Crippen molar-refractivity contribution in [1.82, 2.24) is 24.8 Å². The van der Waals surface area contributed by atoms with E-state index in [4.69, 9.17) is 10.5 Å². The van der Waals surface area contributed by atoms with E-state index in [0.29, 0.717) is 37.3 Å². The van der Waals surface area contributed by atoms with E-state index >= 15 is 0 Å². The lowest BCUT2D eigenvalue weighted by molar-refractivity contribution is 0.129. The van der Waals surface area contributed by atoms with Crippen LogP contribution in [0, 0.1) is 0 Å². The summed E-state index contributed by atoms with van der Waals surface area (Å²) < 4.78 is 7.96. The molecule has 0 radical (unpaired) electrons. The molecule has 0 spiro atoms. The number of aryl methyl sites for hydroxylation is 1. The molecular weight excluding hydrogens is 224 g/mol. The highest BCUT2D eigenvalue weighted by molar-refractivity contribution is 5.72. The number of fused-ring (bicyclic) bond motifs is 1. The molecule has 0 fully saturated rings. The molecular formula is C9H14N6O2. The summed E-state index contributed by atoms with van der Waals surface area (Å²) in [6.07, 6.45) is 1.49. The van der Waals surface area contributed by atoms with Crippen molar-refractivity contribution in [2.75, 3.05) is 19.8 Å². The quantitative estimate of drug-likeness (QED) is 0.636. The second kappa shape index (κ2) is 5.02. The van der Waals surface area contributed by atoms with Gasteiger partial charge in [-0.1, -0.05) is 5.21 Å². The molecule has 2 N–H and O–H groups in total. The van der Waals surface area contributed by atoms with E-state index in [9.17, 15) is 4.79 Å². The van der Waals surface area contributed by atoms with Gasteiger partial charge in [0.05, 0.1) is 26.0 Å².